The van der Waals surface area contributed by atoms with Crippen molar-refractivity contribution in [1.29, 1.82) is 10.8 Å². The van der Waals surface area contributed by atoms with Gasteiger partial charge in [-0.15, -0.1) is 0 Å². The van der Waals surface area contributed by atoms with Crippen LogP contribution in [0.1, 0.15) is 74.5 Å². The first-order valence-corrected chi connectivity index (χ1v) is 16.2. The molecule has 0 saturated heterocycles. The number of nitrogen functional groups attached to an aromatic ring is 1. The number of likely N-dealkylation sites (N-methyl/N-ethyl adjacent to an activating group) is 1. The topological polar surface area (TPSA) is 183 Å². The maximum absolute atomic E-state index is 14.7. The number of nitrogens with two attached hydrogens (primary N) is 3. The molecular formula is C35H49N7O3. The zero-order valence-corrected chi connectivity index (χ0v) is 26.4. The van der Waals surface area contributed by atoms with E-state index in [9.17, 15) is 14.4 Å². The van der Waals surface area contributed by atoms with Crippen molar-refractivity contribution in [1.82, 2.24) is 9.80 Å². The van der Waals surface area contributed by atoms with Crippen LogP contribution in [0.2, 0.25) is 0 Å². The first kappa shape index (κ1) is 33.7. The molecule has 0 bridgehead atoms. The van der Waals surface area contributed by atoms with Crippen LogP contribution in [0, 0.1) is 34.5 Å². The number of amidine groups is 2. The standard InChI is InChI=1S/C35H49N7O3/c1-41(34(44)29(33(40)43)20-23-12-16-27(17-13-23)31(36)37)30(26-10-6-3-7-11-26)35(45)42(21-24-8-4-2-5-9-24)22-25-14-18-28(19-15-25)32(38)39/h2,4-5,8-9,12-13,16-17,25-26,28-30H,3,6-7,10-11,14-15,18-22H2,1H3,(H3,36,37)(H3,38,39)(H2,40,43)/t25?,28?,29?,30-/m0/s1. The van der Waals surface area contributed by atoms with Crippen molar-refractivity contribution >= 4 is 29.4 Å². The number of rotatable bonds is 13. The van der Waals surface area contributed by atoms with Crippen molar-refractivity contribution in [2.75, 3.05) is 13.6 Å². The van der Waals surface area contributed by atoms with Crippen LogP contribution < -0.4 is 17.2 Å². The first-order valence-electron chi connectivity index (χ1n) is 16.2. The third kappa shape index (κ3) is 8.93. The summed E-state index contributed by atoms with van der Waals surface area (Å²) >= 11 is 0. The molecule has 2 aliphatic carbocycles. The zero-order valence-electron chi connectivity index (χ0n) is 26.4. The summed E-state index contributed by atoms with van der Waals surface area (Å²) < 4.78 is 0. The number of benzene rings is 2. The highest BCUT2D eigenvalue weighted by molar-refractivity contribution is 6.01. The van der Waals surface area contributed by atoms with Crippen molar-refractivity contribution in [3.8, 4) is 0 Å². The molecule has 0 radical (unpaired) electrons. The Morgan fingerprint density at radius 2 is 1.42 bits per heavy atom. The molecule has 2 aromatic rings. The third-order valence-electron chi connectivity index (χ3n) is 9.75. The Kier molecular flexibility index (Phi) is 11.7. The lowest BCUT2D eigenvalue weighted by atomic mass is 9.80. The second-order valence-corrected chi connectivity index (χ2v) is 12.9. The van der Waals surface area contributed by atoms with Crippen LogP contribution in [0.4, 0.5) is 0 Å². The van der Waals surface area contributed by atoms with Crippen LogP contribution in [0.15, 0.2) is 54.6 Å². The summed E-state index contributed by atoms with van der Waals surface area (Å²) in [5.74, 6) is -1.89. The Labute approximate surface area is 266 Å². The number of nitrogens with zero attached hydrogens (tertiary/aromatic N) is 2. The Morgan fingerprint density at radius 3 is 1.98 bits per heavy atom. The molecule has 45 heavy (non-hydrogen) atoms. The molecule has 242 valence electrons. The van der Waals surface area contributed by atoms with E-state index in [-0.39, 0.29) is 41.8 Å². The Bertz CT molecular complexity index is 1330. The molecule has 2 aromatic carbocycles. The van der Waals surface area contributed by atoms with E-state index in [1.165, 1.54) is 4.90 Å². The predicted molar refractivity (Wildman–Crippen MR) is 176 cm³/mol. The summed E-state index contributed by atoms with van der Waals surface area (Å²) in [6.45, 7) is 0.991. The van der Waals surface area contributed by atoms with E-state index >= 15 is 0 Å². The van der Waals surface area contributed by atoms with Gasteiger partial charge in [0.05, 0.1) is 5.84 Å². The van der Waals surface area contributed by atoms with Crippen molar-refractivity contribution < 1.29 is 14.4 Å². The van der Waals surface area contributed by atoms with E-state index in [4.69, 9.17) is 28.0 Å². The Balaban J connectivity index is 1.60. The van der Waals surface area contributed by atoms with Gasteiger partial charge in [0.1, 0.15) is 17.8 Å². The van der Waals surface area contributed by atoms with E-state index in [1.54, 1.807) is 31.3 Å². The summed E-state index contributed by atoms with van der Waals surface area (Å²) in [6, 6.07) is 16.0. The van der Waals surface area contributed by atoms with Crippen molar-refractivity contribution in [3.63, 3.8) is 0 Å². The Hall–Kier alpha value is -4.21. The Morgan fingerprint density at radius 1 is 0.800 bits per heavy atom. The highest BCUT2D eigenvalue weighted by Gasteiger charge is 2.41. The summed E-state index contributed by atoms with van der Waals surface area (Å²) in [4.78, 5) is 44.9. The average molecular weight is 616 g/mol. The molecule has 8 N–H and O–H groups in total. The lowest BCUT2D eigenvalue weighted by Crippen LogP contribution is -2.56. The molecule has 2 atom stereocenters. The third-order valence-corrected chi connectivity index (χ3v) is 9.75. The van der Waals surface area contributed by atoms with Gasteiger partial charge in [-0.2, -0.15) is 0 Å². The highest BCUT2D eigenvalue weighted by atomic mass is 16.2. The van der Waals surface area contributed by atoms with E-state index in [0.29, 0.717) is 18.7 Å². The molecule has 3 amide bonds. The maximum Gasteiger partial charge on any atom is 0.245 e. The van der Waals surface area contributed by atoms with Crippen LogP contribution in [0.25, 0.3) is 0 Å². The molecule has 2 saturated carbocycles. The average Bonchev–Trinajstić information content (AvgIpc) is 3.04. The minimum atomic E-state index is -1.14. The van der Waals surface area contributed by atoms with Crippen molar-refractivity contribution in [2.45, 2.75) is 76.8 Å². The van der Waals surface area contributed by atoms with E-state index in [0.717, 1.165) is 68.9 Å². The van der Waals surface area contributed by atoms with Gasteiger partial charge in [-0.3, -0.25) is 25.2 Å². The van der Waals surface area contributed by atoms with E-state index < -0.39 is 23.8 Å². The summed E-state index contributed by atoms with van der Waals surface area (Å²) in [5.41, 5.74) is 19.5. The second-order valence-electron chi connectivity index (χ2n) is 12.9. The summed E-state index contributed by atoms with van der Waals surface area (Å²) in [5, 5.41) is 15.5. The molecule has 0 aliphatic heterocycles. The molecule has 0 aromatic heterocycles. The summed E-state index contributed by atoms with van der Waals surface area (Å²) in [7, 11) is 1.65. The van der Waals surface area contributed by atoms with Gasteiger partial charge in [-0.1, -0.05) is 73.9 Å². The molecule has 0 heterocycles. The number of carbonyl (C=O) groups is 3. The number of hydrogen-bond donors (Lipinski definition) is 5. The van der Waals surface area contributed by atoms with Gasteiger partial charge >= 0.3 is 0 Å². The molecule has 10 heteroatoms. The van der Waals surface area contributed by atoms with Gasteiger partial charge in [0, 0.05) is 31.6 Å². The minimum Gasteiger partial charge on any atom is -0.387 e. The normalized spacial score (nSPS) is 20.0. The largest absolute Gasteiger partial charge is 0.387 e. The molecule has 2 fully saturated rings. The van der Waals surface area contributed by atoms with Crippen LogP contribution in [-0.4, -0.2) is 58.8 Å². The second kappa shape index (κ2) is 15.7. The fraction of sp³-hybridized carbons (Fsp3) is 0.514. The van der Waals surface area contributed by atoms with Gasteiger partial charge in [-0.05, 0) is 67.9 Å². The molecule has 10 nitrogen and oxygen atoms in total. The number of hydrogen-bond acceptors (Lipinski definition) is 5. The van der Waals surface area contributed by atoms with Gasteiger partial charge in [0.25, 0.3) is 0 Å². The van der Waals surface area contributed by atoms with Crippen LogP contribution in [-0.2, 0) is 27.3 Å². The first-order chi connectivity index (χ1) is 21.5. The van der Waals surface area contributed by atoms with Crippen LogP contribution in [0.5, 0.6) is 0 Å². The number of amides is 3. The highest BCUT2D eigenvalue weighted by Crippen LogP contribution is 2.33. The van der Waals surface area contributed by atoms with E-state index in [1.807, 2.05) is 35.2 Å². The van der Waals surface area contributed by atoms with Gasteiger partial charge in [0.15, 0.2) is 0 Å². The lowest BCUT2D eigenvalue weighted by Gasteiger charge is -2.41. The molecule has 2 aliphatic rings. The molecule has 4 rings (SSSR count). The lowest BCUT2D eigenvalue weighted by molar-refractivity contribution is -0.152. The quantitative estimate of drug-likeness (QED) is 0.130. The smallest absolute Gasteiger partial charge is 0.245 e. The van der Waals surface area contributed by atoms with E-state index in [2.05, 4.69) is 0 Å². The number of carbonyl (C=O) groups excluding carboxylic acids is 3. The van der Waals surface area contributed by atoms with Crippen molar-refractivity contribution in [2.24, 2.45) is 40.9 Å². The fourth-order valence-corrected chi connectivity index (χ4v) is 7.07. The summed E-state index contributed by atoms with van der Waals surface area (Å²) in [6.07, 6.45) is 8.30. The minimum absolute atomic E-state index is 0.0182. The van der Waals surface area contributed by atoms with Crippen molar-refractivity contribution in [3.05, 3.63) is 71.3 Å². The maximum atomic E-state index is 14.7. The monoisotopic (exact) mass is 615 g/mol. The SMILES string of the molecule is CN(C(=O)C(Cc1ccc(C(=N)N)cc1)C(N)=O)[C@H](C(=O)N(Cc1ccccc1)CC1CCC(C(=N)N)CC1)C1CCCCC1. The molecule has 1 unspecified atom stereocenters. The molecular weight excluding hydrogens is 566 g/mol. The number of nitrogens with one attached hydrogen (secondary N) is 2. The van der Waals surface area contributed by atoms with Crippen LogP contribution >= 0.6 is 0 Å². The van der Waals surface area contributed by atoms with Gasteiger partial charge < -0.3 is 27.0 Å². The molecule has 0 spiro atoms. The number of primary amides is 1. The fourth-order valence-electron chi connectivity index (χ4n) is 7.07. The zero-order chi connectivity index (χ0) is 32.5. The van der Waals surface area contributed by atoms with Gasteiger partial charge in [0.2, 0.25) is 17.7 Å². The van der Waals surface area contributed by atoms with Gasteiger partial charge in [-0.25, -0.2) is 0 Å². The van der Waals surface area contributed by atoms with Crippen LogP contribution in [0.3, 0.4) is 0 Å². The predicted octanol–water partition coefficient (Wildman–Crippen LogP) is 3.79.